The van der Waals surface area contributed by atoms with E-state index in [2.05, 4.69) is 45.0 Å². The van der Waals surface area contributed by atoms with E-state index in [1.54, 1.807) is 0 Å². The van der Waals surface area contributed by atoms with Crippen LogP contribution in [0.5, 0.6) is 11.5 Å². The van der Waals surface area contributed by atoms with Gasteiger partial charge in [0.15, 0.2) is 0 Å². The van der Waals surface area contributed by atoms with Crippen molar-refractivity contribution in [2.75, 3.05) is 13.2 Å². The van der Waals surface area contributed by atoms with E-state index in [1.165, 1.54) is 16.7 Å². The van der Waals surface area contributed by atoms with Crippen LogP contribution < -0.4 is 9.47 Å². The highest BCUT2D eigenvalue weighted by molar-refractivity contribution is 5.35. The average molecular weight is 284 g/mol. The molecule has 0 saturated carbocycles. The smallest absolute Gasteiger partial charge is 0.122 e. The van der Waals surface area contributed by atoms with Gasteiger partial charge in [0.25, 0.3) is 0 Å². The number of benzene rings is 2. The van der Waals surface area contributed by atoms with Crippen molar-refractivity contribution in [2.24, 2.45) is 0 Å². The Kier molecular flexibility index (Phi) is 5.68. The van der Waals surface area contributed by atoms with E-state index in [-0.39, 0.29) is 0 Å². The summed E-state index contributed by atoms with van der Waals surface area (Å²) in [7, 11) is 0. The average Bonchev–Trinajstić information content (AvgIpc) is 2.46. The van der Waals surface area contributed by atoms with Crippen molar-refractivity contribution < 1.29 is 9.47 Å². The first-order valence-electron chi connectivity index (χ1n) is 7.55. The molecule has 2 rings (SSSR count). The summed E-state index contributed by atoms with van der Waals surface area (Å²) in [5, 5.41) is 0. The van der Waals surface area contributed by atoms with Crippen molar-refractivity contribution in [2.45, 2.75) is 33.6 Å². The minimum atomic E-state index is 0.737. The van der Waals surface area contributed by atoms with Crippen LogP contribution in [0.25, 0.3) is 0 Å². The van der Waals surface area contributed by atoms with E-state index in [0.717, 1.165) is 37.6 Å². The van der Waals surface area contributed by atoms with Crippen LogP contribution in [-0.2, 0) is 0 Å². The Morgan fingerprint density at radius 3 is 1.95 bits per heavy atom. The van der Waals surface area contributed by atoms with Crippen molar-refractivity contribution in [3.8, 4) is 11.5 Å². The third kappa shape index (κ3) is 4.82. The number of unbranched alkanes of at least 4 members (excludes halogenated alkanes) is 1. The lowest BCUT2D eigenvalue weighted by atomic mass is 10.1. The molecular weight excluding hydrogens is 260 g/mol. The van der Waals surface area contributed by atoms with Gasteiger partial charge in [-0.3, -0.25) is 0 Å². The van der Waals surface area contributed by atoms with Crippen molar-refractivity contribution >= 4 is 0 Å². The Morgan fingerprint density at radius 1 is 0.714 bits per heavy atom. The Hall–Kier alpha value is -1.96. The molecule has 112 valence electrons. The summed E-state index contributed by atoms with van der Waals surface area (Å²) in [6.07, 6.45) is 2.00. The predicted molar refractivity (Wildman–Crippen MR) is 87.3 cm³/mol. The number of rotatable bonds is 7. The van der Waals surface area contributed by atoms with E-state index < -0.39 is 0 Å². The molecular formula is C19H24O2. The van der Waals surface area contributed by atoms with Gasteiger partial charge in [0.1, 0.15) is 11.5 Å². The summed E-state index contributed by atoms with van der Waals surface area (Å²) in [4.78, 5) is 0. The Labute approximate surface area is 127 Å². The summed E-state index contributed by atoms with van der Waals surface area (Å²) < 4.78 is 11.6. The molecule has 0 aliphatic heterocycles. The highest BCUT2D eigenvalue weighted by Crippen LogP contribution is 2.19. The Bertz CT molecular complexity index is 576. The Morgan fingerprint density at radius 2 is 1.33 bits per heavy atom. The first-order valence-corrected chi connectivity index (χ1v) is 7.55. The van der Waals surface area contributed by atoms with Gasteiger partial charge in [-0.1, -0.05) is 35.9 Å². The molecule has 0 atom stereocenters. The van der Waals surface area contributed by atoms with E-state index in [0.29, 0.717) is 0 Å². The van der Waals surface area contributed by atoms with Crippen molar-refractivity contribution in [1.29, 1.82) is 0 Å². The molecule has 0 spiro atoms. The van der Waals surface area contributed by atoms with Gasteiger partial charge in [-0.15, -0.1) is 0 Å². The molecule has 0 fully saturated rings. The number of aryl methyl sites for hydroxylation is 3. The number of hydrogen-bond donors (Lipinski definition) is 0. The van der Waals surface area contributed by atoms with Gasteiger partial charge in [-0.2, -0.15) is 0 Å². The van der Waals surface area contributed by atoms with Gasteiger partial charge in [-0.25, -0.2) is 0 Å². The summed E-state index contributed by atoms with van der Waals surface area (Å²) in [6.45, 7) is 7.73. The van der Waals surface area contributed by atoms with Crippen LogP contribution in [0.2, 0.25) is 0 Å². The van der Waals surface area contributed by atoms with E-state index in [4.69, 9.17) is 9.47 Å². The van der Waals surface area contributed by atoms with Crippen molar-refractivity contribution in [1.82, 2.24) is 0 Å². The molecule has 2 aromatic rings. The molecule has 0 heterocycles. The van der Waals surface area contributed by atoms with Crippen molar-refractivity contribution in [3.05, 3.63) is 59.2 Å². The molecule has 0 aliphatic rings. The zero-order valence-corrected chi connectivity index (χ0v) is 13.2. The van der Waals surface area contributed by atoms with E-state index >= 15 is 0 Å². The highest BCUT2D eigenvalue weighted by Gasteiger charge is 2.00. The summed E-state index contributed by atoms with van der Waals surface area (Å²) in [5.41, 5.74) is 3.65. The van der Waals surface area contributed by atoms with E-state index in [9.17, 15) is 0 Å². The monoisotopic (exact) mass is 284 g/mol. The van der Waals surface area contributed by atoms with E-state index in [1.807, 2.05) is 18.2 Å². The lowest BCUT2D eigenvalue weighted by Gasteiger charge is -2.11. The molecule has 0 unspecified atom stereocenters. The second-order valence-electron chi connectivity index (χ2n) is 5.44. The topological polar surface area (TPSA) is 18.5 Å². The van der Waals surface area contributed by atoms with Crippen LogP contribution in [0.15, 0.2) is 42.5 Å². The molecule has 2 aromatic carbocycles. The fourth-order valence-corrected chi connectivity index (χ4v) is 2.25. The fourth-order valence-electron chi connectivity index (χ4n) is 2.25. The third-order valence-corrected chi connectivity index (χ3v) is 3.48. The van der Waals surface area contributed by atoms with Crippen LogP contribution in [0.3, 0.4) is 0 Å². The maximum Gasteiger partial charge on any atom is 0.122 e. The second kappa shape index (κ2) is 7.72. The normalized spacial score (nSPS) is 10.4. The van der Waals surface area contributed by atoms with Crippen LogP contribution in [0.1, 0.15) is 29.5 Å². The van der Waals surface area contributed by atoms with Crippen LogP contribution >= 0.6 is 0 Å². The van der Waals surface area contributed by atoms with Gasteiger partial charge >= 0.3 is 0 Å². The molecule has 2 nitrogen and oxygen atoms in total. The molecule has 0 aliphatic carbocycles. The van der Waals surface area contributed by atoms with Gasteiger partial charge < -0.3 is 9.47 Å². The van der Waals surface area contributed by atoms with Crippen molar-refractivity contribution in [3.63, 3.8) is 0 Å². The second-order valence-corrected chi connectivity index (χ2v) is 5.44. The summed E-state index contributed by atoms with van der Waals surface area (Å²) >= 11 is 0. The van der Waals surface area contributed by atoms with Gasteiger partial charge in [0.2, 0.25) is 0 Å². The highest BCUT2D eigenvalue weighted by atomic mass is 16.5. The van der Waals surface area contributed by atoms with Gasteiger partial charge in [0.05, 0.1) is 13.2 Å². The minimum Gasteiger partial charge on any atom is -0.493 e. The zero-order valence-electron chi connectivity index (χ0n) is 13.2. The SMILES string of the molecule is Cc1ccc(OCCCCOc2ccccc2C)c(C)c1. The predicted octanol–water partition coefficient (Wildman–Crippen LogP) is 4.85. The maximum absolute atomic E-state index is 5.81. The minimum absolute atomic E-state index is 0.737. The van der Waals surface area contributed by atoms with Crippen LogP contribution in [-0.4, -0.2) is 13.2 Å². The van der Waals surface area contributed by atoms with Gasteiger partial charge in [0, 0.05) is 0 Å². The molecule has 0 aromatic heterocycles. The number of hydrogen-bond acceptors (Lipinski definition) is 2. The molecule has 0 saturated heterocycles. The Balaban J connectivity index is 1.65. The van der Waals surface area contributed by atoms with Crippen LogP contribution in [0, 0.1) is 20.8 Å². The third-order valence-electron chi connectivity index (χ3n) is 3.48. The van der Waals surface area contributed by atoms with Crippen LogP contribution in [0.4, 0.5) is 0 Å². The molecule has 0 radical (unpaired) electrons. The molecule has 0 N–H and O–H groups in total. The molecule has 2 heteroatoms. The zero-order chi connectivity index (χ0) is 15.1. The maximum atomic E-state index is 5.81. The molecule has 0 bridgehead atoms. The molecule has 0 amide bonds. The first-order chi connectivity index (χ1) is 10.2. The molecule has 21 heavy (non-hydrogen) atoms. The first kappa shape index (κ1) is 15.4. The van der Waals surface area contributed by atoms with Gasteiger partial charge in [-0.05, 0) is 56.9 Å². The number of para-hydroxylation sites is 1. The number of ether oxygens (including phenoxy) is 2. The summed E-state index contributed by atoms with van der Waals surface area (Å²) in [5.74, 6) is 1.97. The fraction of sp³-hybridized carbons (Fsp3) is 0.368. The largest absolute Gasteiger partial charge is 0.493 e. The summed E-state index contributed by atoms with van der Waals surface area (Å²) in [6, 6.07) is 14.4. The lowest BCUT2D eigenvalue weighted by Crippen LogP contribution is -2.03. The lowest BCUT2D eigenvalue weighted by molar-refractivity contribution is 0.265. The standard InChI is InChI=1S/C19H24O2/c1-15-10-11-19(17(3)14-15)21-13-7-6-12-20-18-9-5-4-8-16(18)2/h4-5,8-11,14H,6-7,12-13H2,1-3H3. The quantitative estimate of drug-likeness (QED) is 0.677.